The van der Waals surface area contributed by atoms with Crippen LogP contribution in [0.3, 0.4) is 0 Å². The molecule has 1 rings (SSSR count). The molecule has 1 heterocycles. The van der Waals surface area contributed by atoms with Gasteiger partial charge in [-0.2, -0.15) is 0 Å². The number of rotatable bonds is 5. The van der Waals surface area contributed by atoms with Crippen LogP contribution in [-0.4, -0.2) is 28.8 Å². The number of nitrogens with zero attached hydrogens (tertiary/aromatic N) is 1. The highest BCUT2D eigenvalue weighted by Gasteiger charge is 2.09. The van der Waals surface area contributed by atoms with Crippen LogP contribution in [0, 0.1) is 0 Å². The minimum absolute atomic E-state index is 0.0107. The van der Waals surface area contributed by atoms with Crippen LogP contribution in [0.4, 0.5) is 10.5 Å². The number of urea groups is 1. The van der Waals surface area contributed by atoms with E-state index in [1.165, 1.54) is 0 Å². The Labute approximate surface area is 109 Å². The number of carbonyl (C=O) groups excluding carboxylic acids is 1. The van der Waals surface area contributed by atoms with Crippen LogP contribution in [-0.2, 0) is 0 Å². The summed E-state index contributed by atoms with van der Waals surface area (Å²) in [5, 5.41) is 14.3. The lowest BCUT2D eigenvalue weighted by Gasteiger charge is -2.16. The molecule has 0 aromatic carbocycles. The normalized spacial score (nSPS) is 11.9. The second kappa shape index (κ2) is 7.24. The molecule has 17 heavy (non-hydrogen) atoms. The maximum absolute atomic E-state index is 11.6. The summed E-state index contributed by atoms with van der Waals surface area (Å²) in [5.41, 5.74) is 0.629. The molecule has 0 aliphatic heterocycles. The number of hydrogen-bond acceptors (Lipinski definition) is 3. The zero-order valence-corrected chi connectivity index (χ0v) is 11.2. The van der Waals surface area contributed by atoms with E-state index < -0.39 is 0 Å². The molecule has 1 unspecified atom stereocenters. The predicted octanol–water partition coefficient (Wildman–Crippen LogP) is 2.13. The van der Waals surface area contributed by atoms with Crippen molar-refractivity contribution in [2.75, 3.05) is 11.9 Å². The number of anilines is 1. The second-order valence-electron chi connectivity index (χ2n) is 3.59. The summed E-state index contributed by atoms with van der Waals surface area (Å²) in [5.74, 6) is 0. The smallest absolute Gasteiger partial charge is 0.319 e. The Morgan fingerprint density at radius 3 is 2.88 bits per heavy atom. The first-order chi connectivity index (χ1) is 8.15. The molecule has 1 aromatic rings. The van der Waals surface area contributed by atoms with Crippen molar-refractivity contribution in [2.24, 2.45) is 0 Å². The van der Waals surface area contributed by atoms with E-state index in [9.17, 15) is 4.79 Å². The van der Waals surface area contributed by atoms with Gasteiger partial charge >= 0.3 is 6.03 Å². The number of aromatic nitrogens is 1. The molecule has 1 aromatic heterocycles. The van der Waals surface area contributed by atoms with Gasteiger partial charge in [-0.3, -0.25) is 0 Å². The minimum atomic E-state index is -0.283. The Hall–Kier alpha value is -1.14. The fraction of sp³-hybridized carbons (Fsp3) is 0.455. The number of halogens is 1. The van der Waals surface area contributed by atoms with Crippen molar-refractivity contribution in [3.8, 4) is 0 Å². The first-order valence-electron chi connectivity index (χ1n) is 5.45. The third-order valence-corrected chi connectivity index (χ3v) is 2.76. The molecule has 0 saturated carbocycles. The van der Waals surface area contributed by atoms with E-state index >= 15 is 0 Å². The average Bonchev–Trinajstić information content (AvgIpc) is 2.31. The van der Waals surface area contributed by atoms with Gasteiger partial charge in [0.05, 0.1) is 11.9 Å². The molecular formula is C11H16BrN3O2. The summed E-state index contributed by atoms with van der Waals surface area (Å²) in [6.07, 6.45) is 2.91. The van der Waals surface area contributed by atoms with E-state index in [1.807, 2.05) is 6.92 Å². The molecule has 94 valence electrons. The standard InChI is InChI=1S/C11H16BrN3O2/c1-2-8(5-6-16)14-11(17)15-9-3-4-10(12)13-7-9/h3-4,7-8,16H,2,5-6H2,1H3,(H2,14,15,17). The Kier molecular flexibility index (Phi) is 5.93. The molecule has 2 amide bonds. The topological polar surface area (TPSA) is 74.2 Å². The van der Waals surface area contributed by atoms with Crippen LogP contribution in [0.25, 0.3) is 0 Å². The SMILES string of the molecule is CCC(CCO)NC(=O)Nc1ccc(Br)nc1. The maximum Gasteiger partial charge on any atom is 0.319 e. The van der Waals surface area contributed by atoms with Crippen molar-refractivity contribution < 1.29 is 9.90 Å². The van der Waals surface area contributed by atoms with Crippen LogP contribution >= 0.6 is 15.9 Å². The van der Waals surface area contributed by atoms with Gasteiger partial charge in [-0.1, -0.05) is 6.92 Å². The van der Waals surface area contributed by atoms with Gasteiger partial charge in [-0.05, 0) is 40.9 Å². The third kappa shape index (κ3) is 5.14. The highest BCUT2D eigenvalue weighted by Crippen LogP contribution is 2.10. The van der Waals surface area contributed by atoms with Crippen LogP contribution in [0.5, 0.6) is 0 Å². The van der Waals surface area contributed by atoms with Crippen molar-refractivity contribution >= 4 is 27.6 Å². The molecule has 0 aliphatic carbocycles. The molecule has 0 saturated heterocycles. The summed E-state index contributed by atoms with van der Waals surface area (Å²) in [4.78, 5) is 15.6. The zero-order chi connectivity index (χ0) is 12.7. The Morgan fingerprint density at radius 2 is 2.35 bits per heavy atom. The largest absolute Gasteiger partial charge is 0.396 e. The number of hydrogen-bond donors (Lipinski definition) is 3. The lowest BCUT2D eigenvalue weighted by Crippen LogP contribution is -2.38. The van der Waals surface area contributed by atoms with E-state index in [2.05, 4.69) is 31.5 Å². The molecule has 6 heteroatoms. The maximum atomic E-state index is 11.6. The quantitative estimate of drug-likeness (QED) is 0.729. The average molecular weight is 302 g/mol. The number of aliphatic hydroxyl groups excluding tert-OH is 1. The highest BCUT2D eigenvalue weighted by molar-refractivity contribution is 9.10. The van der Waals surface area contributed by atoms with Crippen molar-refractivity contribution in [1.29, 1.82) is 0 Å². The fourth-order valence-corrected chi connectivity index (χ4v) is 1.57. The molecule has 1 atom stereocenters. The summed E-state index contributed by atoms with van der Waals surface area (Å²) >= 11 is 3.22. The number of nitrogens with one attached hydrogen (secondary N) is 2. The van der Waals surface area contributed by atoms with E-state index in [0.29, 0.717) is 12.1 Å². The van der Waals surface area contributed by atoms with Crippen molar-refractivity contribution in [2.45, 2.75) is 25.8 Å². The van der Waals surface area contributed by atoms with Crippen LogP contribution in [0.15, 0.2) is 22.9 Å². The van der Waals surface area contributed by atoms with Gasteiger partial charge in [0.1, 0.15) is 4.60 Å². The molecule has 0 bridgehead atoms. The molecular weight excluding hydrogens is 286 g/mol. The van der Waals surface area contributed by atoms with Crippen molar-refractivity contribution in [3.63, 3.8) is 0 Å². The molecule has 3 N–H and O–H groups in total. The van der Waals surface area contributed by atoms with Crippen LogP contribution in [0.1, 0.15) is 19.8 Å². The second-order valence-corrected chi connectivity index (χ2v) is 4.40. The summed E-state index contributed by atoms with van der Waals surface area (Å²) < 4.78 is 0.718. The van der Waals surface area contributed by atoms with E-state index in [1.54, 1.807) is 18.3 Å². The summed E-state index contributed by atoms with van der Waals surface area (Å²) in [7, 11) is 0. The van der Waals surface area contributed by atoms with Crippen LogP contribution < -0.4 is 10.6 Å². The van der Waals surface area contributed by atoms with Gasteiger partial charge in [0.2, 0.25) is 0 Å². The Balaban J connectivity index is 2.46. The summed E-state index contributed by atoms with van der Waals surface area (Å²) in [6.45, 7) is 2.03. The Morgan fingerprint density at radius 1 is 1.59 bits per heavy atom. The number of carbonyl (C=O) groups is 1. The molecule has 0 fully saturated rings. The minimum Gasteiger partial charge on any atom is -0.396 e. The van der Waals surface area contributed by atoms with Gasteiger partial charge in [0.25, 0.3) is 0 Å². The highest BCUT2D eigenvalue weighted by atomic mass is 79.9. The van der Waals surface area contributed by atoms with Gasteiger partial charge in [-0.15, -0.1) is 0 Å². The van der Waals surface area contributed by atoms with E-state index in [0.717, 1.165) is 11.0 Å². The summed E-state index contributed by atoms with van der Waals surface area (Å²) in [6, 6.07) is 3.21. The fourth-order valence-electron chi connectivity index (χ4n) is 1.34. The molecule has 0 radical (unpaired) electrons. The number of amides is 2. The van der Waals surface area contributed by atoms with Gasteiger partial charge in [-0.25, -0.2) is 9.78 Å². The third-order valence-electron chi connectivity index (χ3n) is 2.29. The predicted molar refractivity (Wildman–Crippen MR) is 69.9 cm³/mol. The van der Waals surface area contributed by atoms with Crippen LogP contribution in [0.2, 0.25) is 0 Å². The van der Waals surface area contributed by atoms with Crippen molar-refractivity contribution in [3.05, 3.63) is 22.9 Å². The molecule has 0 aliphatic rings. The zero-order valence-electron chi connectivity index (χ0n) is 9.61. The first kappa shape index (κ1) is 13.9. The van der Waals surface area contributed by atoms with Gasteiger partial charge < -0.3 is 15.7 Å². The lowest BCUT2D eigenvalue weighted by atomic mass is 10.2. The molecule has 5 nitrogen and oxygen atoms in total. The first-order valence-corrected chi connectivity index (χ1v) is 6.25. The van der Waals surface area contributed by atoms with Crippen molar-refractivity contribution in [1.82, 2.24) is 10.3 Å². The monoisotopic (exact) mass is 301 g/mol. The number of pyridine rings is 1. The Bertz CT molecular complexity index is 356. The van der Waals surface area contributed by atoms with Gasteiger partial charge in [0, 0.05) is 12.6 Å². The number of aliphatic hydroxyl groups is 1. The lowest BCUT2D eigenvalue weighted by molar-refractivity contribution is 0.237. The molecule has 0 spiro atoms. The van der Waals surface area contributed by atoms with Gasteiger partial charge in [0.15, 0.2) is 0 Å². The van der Waals surface area contributed by atoms with E-state index in [-0.39, 0.29) is 18.7 Å². The van der Waals surface area contributed by atoms with E-state index in [4.69, 9.17) is 5.11 Å².